The van der Waals surface area contributed by atoms with Gasteiger partial charge in [0.2, 0.25) is 0 Å². The minimum atomic E-state index is -4.50. The van der Waals surface area contributed by atoms with Crippen LogP contribution in [0.15, 0.2) is 46.2 Å². The first kappa shape index (κ1) is 20.5. The summed E-state index contributed by atoms with van der Waals surface area (Å²) in [5.41, 5.74) is -4.47. The number of nitrogens with one attached hydrogen (secondary N) is 1. The predicted octanol–water partition coefficient (Wildman–Crippen LogP) is 4.77. The van der Waals surface area contributed by atoms with Crippen LogP contribution in [0.2, 0.25) is 5.02 Å². The molecule has 0 saturated heterocycles. The van der Waals surface area contributed by atoms with Crippen molar-refractivity contribution in [2.24, 2.45) is 0 Å². The third kappa shape index (κ3) is 5.12. The Labute approximate surface area is 157 Å². The van der Waals surface area contributed by atoms with Gasteiger partial charge in [0.25, 0.3) is 10.0 Å². The number of sulfonamides is 1. The molecule has 2 rings (SSSR count). The highest BCUT2D eigenvalue weighted by Crippen LogP contribution is 2.41. The van der Waals surface area contributed by atoms with Gasteiger partial charge in [0, 0.05) is 11.0 Å². The maximum atomic E-state index is 12.5. The maximum absolute atomic E-state index is 12.5. The second kappa shape index (κ2) is 7.85. The zero-order valence-corrected chi connectivity index (χ0v) is 15.8. The van der Waals surface area contributed by atoms with Crippen LogP contribution < -0.4 is 14.2 Å². The summed E-state index contributed by atoms with van der Waals surface area (Å²) in [7, 11) is -1.24. The highest BCUT2D eigenvalue weighted by Gasteiger charge is 2.30. The SMILES string of the molecule is COc1ccc(S(=O)(=O)Nc2ccc(SC(F)(F)F)c(Cl)c2)cc1OC. The normalized spacial score (nSPS) is 11.9. The molecule has 142 valence electrons. The number of halogens is 4. The zero-order valence-electron chi connectivity index (χ0n) is 13.4. The van der Waals surface area contributed by atoms with E-state index in [0.717, 1.165) is 12.1 Å². The summed E-state index contributed by atoms with van der Waals surface area (Å²) in [6.07, 6.45) is 0. The van der Waals surface area contributed by atoms with Gasteiger partial charge in [-0.3, -0.25) is 4.72 Å². The van der Waals surface area contributed by atoms with Gasteiger partial charge in [-0.05, 0) is 42.1 Å². The maximum Gasteiger partial charge on any atom is 0.446 e. The molecule has 0 unspecified atom stereocenters. The molecule has 0 aliphatic rings. The third-order valence-electron chi connectivity index (χ3n) is 3.08. The number of alkyl halides is 3. The van der Waals surface area contributed by atoms with Crippen LogP contribution in [-0.4, -0.2) is 28.1 Å². The van der Waals surface area contributed by atoms with Crippen molar-refractivity contribution in [2.45, 2.75) is 15.3 Å². The van der Waals surface area contributed by atoms with Crippen LogP contribution in [0.1, 0.15) is 0 Å². The molecular weight excluding hydrogens is 415 g/mol. The lowest BCUT2D eigenvalue weighted by Gasteiger charge is -2.13. The fourth-order valence-corrected chi connectivity index (χ4v) is 3.87. The van der Waals surface area contributed by atoms with Gasteiger partial charge in [-0.1, -0.05) is 11.6 Å². The molecule has 0 fully saturated rings. The van der Waals surface area contributed by atoms with Crippen molar-refractivity contribution in [3.05, 3.63) is 41.4 Å². The van der Waals surface area contributed by atoms with Gasteiger partial charge in [-0.15, -0.1) is 0 Å². The molecule has 0 amide bonds. The quantitative estimate of drug-likeness (QED) is 0.673. The Morgan fingerprint density at radius 2 is 1.69 bits per heavy atom. The largest absolute Gasteiger partial charge is 0.493 e. The van der Waals surface area contributed by atoms with Crippen LogP contribution in [-0.2, 0) is 10.0 Å². The lowest BCUT2D eigenvalue weighted by atomic mass is 10.3. The summed E-state index contributed by atoms with van der Waals surface area (Å²) in [5.74, 6) is 0.563. The number of anilines is 1. The Morgan fingerprint density at radius 3 is 2.23 bits per heavy atom. The highest BCUT2D eigenvalue weighted by atomic mass is 35.5. The van der Waals surface area contributed by atoms with Gasteiger partial charge in [-0.25, -0.2) is 8.42 Å². The van der Waals surface area contributed by atoms with Crippen molar-refractivity contribution in [3.8, 4) is 11.5 Å². The lowest BCUT2D eigenvalue weighted by Crippen LogP contribution is -2.13. The molecule has 5 nitrogen and oxygen atoms in total. The van der Waals surface area contributed by atoms with Crippen LogP contribution in [0.5, 0.6) is 11.5 Å². The predicted molar refractivity (Wildman–Crippen MR) is 93.7 cm³/mol. The molecule has 0 radical (unpaired) electrons. The third-order valence-corrected chi connectivity index (χ3v) is 5.69. The van der Waals surface area contributed by atoms with Crippen LogP contribution in [0.25, 0.3) is 0 Å². The van der Waals surface area contributed by atoms with E-state index in [1.54, 1.807) is 0 Å². The molecule has 0 aliphatic carbocycles. The molecule has 0 saturated carbocycles. The minimum Gasteiger partial charge on any atom is -0.493 e. The Hall–Kier alpha value is -1.78. The van der Waals surface area contributed by atoms with Gasteiger partial charge >= 0.3 is 5.51 Å². The summed E-state index contributed by atoms with van der Waals surface area (Å²) in [5, 5.41) is -0.222. The standard InChI is InChI=1S/C15H13ClF3NO4S2/c1-23-12-5-4-10(8-13(12)24-2)26(21,22)20-9-3-6-14(11(16)7-9)25-15(17,18)19/h3-8,20H,1-2H3. The Balaban J connectivity index is 2.28. The van der Waals surface area contributed by atoms with Crippen molar-refractivity contribution in [1.29, 1.82) is 0 Å². The highest BCUT2D eigenvalue weighted by molar-refractivity contribution is 8.00. The van der Waals surface area contributed by atoms with E-state index in [2.05, 4.69) is 4.72 Å². The van der Waals surface area contributed by atoms with Crippen molar-refractivity contribution in [1.82, 2.24) is 0 Å². The van der Waals surface area contributed by atoms with E-state index < -0.39 is 15.5 Å². The molecule has 0 heterocycles. The number of methoxy groups -OCH3 is 2. The number of rotatable bonds is 6. The van der Waals surface area contributed by atoms with Crippen molar-refractivity contribution < 1.29 is 31.1 Å². The van der Waals surface area contributed by atoms with Crippen molar-refractivity contribution >= 4 is 39.1 Å². The first-order chi connectivity index (χ1) is 12.1. The molecule has 11 heteroatoms. The van der Waals surface area contributed by atoms with Gasteiger partial charge in [-0.2, -0.15) is 13.2 Å². The molecule has 2 aromatic rings. The molecular formula is C15H13ClF3NO4S2. The van der Waals surface area contributed by atoms with Crippen molar-refractivity contribution in [3.63, 3.8) is 0 Å². The van der Waals surface area contributed by atoms with Gasteiger partial charge in [0.05, 0.1) is 29.8 Å². The van der Waals surface area contributed by atoms with E-state index in [1.165, 1.54) is 38.5 Å². The monoisotopic (exact) mass is 427 g/mol. The summed E-state index contributed by atoms with van der Waals surface area (Å²) in [6.45, 7) is 0. The molecule has 0 bridgehead atoms. The minimum absolute atomic E-state index is 0.0244. The van der Waals surface area contributed by atoms with Gasteiger partial charge < -0.3 is 9.47 Å². The fourth-order valence-electron chi connectivity index (χ4n) is 1.97. The summed E-state index contributed by atoms with van der Waals surface area (Å²) in [6, 6.07) is 7.37. The van der Waals surface area contributed by atoms with E-state index in [-0.39, 0.29) is 38.0 Å². The molecule has 0 aliphatic heterocycles. The van der Waals surface area contributed by atoms with Gasteiger partial charge in [0.15, 0.2) is 11.5 Å². The number of thioether (sulfide) groups is 1. The summed E-state index contributed by atoms with van der Waals surface area (Å²) in [4.78, 5) is -0.340. The van der Waals surface area contributed by atoms with Crippen LogP contribution in [0.4, 0.5) is 18.9 Å². The zero-order chi connectivity index (χ0) is 19.5. The Kier molecular flexibility index (Phi) is 6.20. The number of benzene rings is 2. The molecule has 0 aromatic heterocycles. The fraction of sp³-hybridized carbons (Fsp3) is 0.200. The molecule has 2 aromatic carbocycles. The smallest absolute Gasteiger partial charge is 0.446 e. The molecule has 26 heavy (non-hydrogen) atoms. The van der Waals surface area contributed by atoms with Gasteiger partial charge in [0.1, 0.15) is 0 Å². The lowest BCUT2D eigenvalue weighted by molar-refractivity contribution is -0.0328. The number of ether oxygens (including phenoxy) is 2. The first-order valence-corrected chi connectivity index (χ1v) is 9.53. The van der Waals surface area contributed by atoms with Crippen LogP contribution in [0, 0.1) is 0 Å². The summed E-state index contributed by atoms with van der Waals surface area (Å²) < 4.78 is 74.5. The second-order valence-electron chi connectivity index (χ2n) is 4.82. The average molecular weight is 428 g/mol. The van der Waals surface area contributed by atoms with E-state index >= 15 is 0 Å². The van der Waals surface area contributed by atoms with E-state index in [0.29, 0.717) is 5.75 Å². The average Bonchev–Trinajstić information content (AvgIpc) is 2.55. The molecule has 1 N–H and O–H groups in total. The topological polar surface area (TPSA) is 64.6 Å². The second-order valence-corrected chi connectivity index (χ2v) is 8.01. The van der Waals surface area contributed by atoms with Crippen LogP contribution in [0.3, 0.4) is 0 Å². The molecule has 0 atom stereocenters. The van der Waals surface area contributed by atoms with E-state index in [9.17, 15) is 21.6 Å². The summed E-state index contributed by atoms with van der Waals surface area (Å²) >= 11 is 5.43. The number of hydrogen-bond acceptors (Lipinski definition) is 5. The van der Waals surface area contributed by atoms with E-state index in [4.69, 9.17) is 21.1 Å². The Bertz CT molecular complexity index is 904. The Morgan fingerprint density at radius 1 is 1.04 bits per heavy atom. The first-order valence-electron chi connectivity index (χ1n) is 6.86. The van der Waals surface area contributed by atoms with E-state index in [1.807, 2.05) is 0 Å². The van der Waals surface area contributed by atoms with Crippen LogP contribution >= 0.6 is 23.4 Å². The number of hydrogen-bond donors (Lipinski definition) is 1. The molecule has 0 spiro atoms. The van der Waals surface area contributed by atoms with Crippen molar-refractivity contribution in [2.75, 3.05) is 18.9 Å².